The third kappa shape index (κ3) is 4.58. The molecule has 0 atom stereocenters. The second-order valence-corrected chi connectivity index (χ2v) is 6.08. The van der Waals surface area contributed by atoms with Crippen LogP contribution in [0.2, 0.25) is 0 Å². The second kappa shape index (κ2) is 7.81. The number of ketones is 1. The summed E-state index contributed by atoms with van der Waals surface area (Å²) in [6, 6.07) is 13.3. The van der Waals surface area contributed by atoms with Gasteiger partial charge in [0.05, 0.1) is 0 Å². The first-order chi connectivity index (χ1) is 12.1. The van der Waals surface area contributed by atoms with Crippen LogP contribution in [0.3, 0.4) is 0 Å². The van der Waals surface area contributed by atoms with Gasteiger partial charge in [-0.1, -0.05) is 35.5 Å². The summed E-state index contributed by atoms with van der Waals surface area (Å²) < 4.78 is 5.26. The average Bonchev–Trinajstić information content (AvgIpc) is 3.09. The number of nitrogens with zero attached hydrogens (tertiary/aromatic N) is 4. The van der Waals surface area contributed by atoms with E-state index in [0.717, 1.165) is 12.1 Å². The monoisotopic (exact) mass is 336 g/mol. The SMILES string of the molecule is CN(C)Cc1ccc(-c2noc(CCC(=O)c3ccccn3)n2)cc1. The molecule has 0 bridgehead atoms. The molecule has 0 saturated heterocycles. The van der Waals surface area contributed by atoms with Crippen molar-refractivity contribution in [2.75, 3.05) is 14.1 Å². The molecule has 6 heteroatoms. The Morgan fingerprint density at radius 2 is 1.92 bits per heavy atom. The largest absolute Gasteiger partial charge is 0.339 e. The summed E-state index contributed by atoms with van der Waals surface area (Å²) >= 11 is 0. The van der Waals surface area contributed by atoms with Gasteiger partial charge in [0.15, 0.2) is 5.78 Å². The van der Waals surface area contributed by atoms with Crippen LogP contribution in [-0.2, 0) is 13.0 Å². The maximum Gasteiger partial charge on any atom is 0.227 e. The van der Waals surface area contributed by atoms with Gasteiger partial charge in [0.1, 0.15) is 5.69 Å². The number of hydrogen-bond donors (Lipinski definition) is 0. The average molecular weight is 336 g/mol. The summed E-state index contributed by atoms with van der Waals surface area (Å²) in [6.07, 6.45) is 2.31. The minimum atomic E-state index is -0.0339. The molecule has 0 spiro atoms. The van der Waals surface area contributed by atoms with Crippen molar-refractivity contribution in [2.45, 2.75) is 19.4 Å². The van der Waals surface area contributed by atoms with Gasteiger partial charge in [-0.05, 0) is 31.8 Å². The molecule has 0 N–H and O–H groups in total. The van der Waals surface area contributed by atoms with Crippen molar-refractivity contribution in [2.24, 2.45) is 0 Å². The molecule has 128 valence electrons. The highest BCUT2D eigenvalue weighted by Gasteiger charge is 2.12. The summed E-state index contributed by atoms with van der Waals surface area (Å²) in [4.78, 5) is 22.6. The minimum Gasteiger partial charge on any atom is -0.339 e. The smallest absolute Gasteiger partial charge is 0.227 e. The van der Waals surface area contributed by atoms with Crippen molar-refractivity contribution in [3.05, 3.63) is 65.8 Å². The molecule has 0 saturated carbocycles. The van der Waals surface area contributed by atoms with Gasteiger partial charge in [-0.2, -0.15) is 4.98 Å². The van der Waals surface area contributed by atoms with E-state index in [2.05, 4.69) is 32.2 Å². The minimum absolute atomic E-state index is 0.0339. The van der Waals surface area contributed by atoms with Crippen molar-refractivity contribution in [3.63, 3.8) is 0 Å². The molecular weight excluding hydrogens is 316 g/mol. The zero-order valence-electron chi connectivity index (χ0n) is 14.3. The third-order valence-corrected chi connectivity index (χ3v) is 3.70. The molecule has 0 fully saturated rings. The van der Waals surface area contributed by atoms with Gasteiger partial charge in [0.25, 0.3) is 0 Å². The van der Waals surface area contributed by atoms with E-state index in [9.17, 15) is 4.79 Å². The van der Waals surface area contributed by atoms with E-state index >= 15 is 0 Å². The lowest BCUT2D eigenvalue weighted by Crippen LogP contribution is -2.10. The van der Waals surface area contributed by atoms with Crippen LogP contribution in [0.1, 0.15) is 28.4 Å². The van der Waals surface area contributed by atoms with Crippen LogP contribution < -0.4 is 0 Å². The Labute approximate surface area is 146 Å². The first-order valence-corrected chi connectivity index (χ1v) is 8.12. The van der Waals surface area contributed by atoms with Crippen LogP contribution >= 0.6 is 0 Å². The molecule has 2 heterocycles. The molecule has 0 amide bonds. The lowest BCUT2D eigenvalue weighted by molar-refractivity contribution is 0.0975. The fraction of sp³-hybridized carbons (Fsp3) is 0.263. The number of aryl methyl sites for hydroxylation is 1. The lowest BCUT2D eigenvalue weighted by Gasteiger charge is -2.09. The Kier molecular flexibility index (Phi) is 5.30. The normalized spacial score (nSPS) is 11.0. The van der Waals surface area contributed by atoms with E-state index in [1.807, 2.05) is 26.2 Å². The zero-order chi connectivity index (χ0) is 17.6. The highest BCUT2D eigenvalue weighted by Crippen LogP contribution is 2.18. The van der Waals surface area contributed by atoms with Gasteiger partial charge in [0, 0.05) is 31.1 Å². The Hall–Kier alpha value is -2.86. The quantitative estimate of drug-likeness (QED) is 0.618. The van der Waals surface area contributed by atoms with Gasteiger partial charge < -0.3 is 9.42 Å². The zero-order valence-corrected chi connectivity index (χ0v) is 14.3. The van der Waals surface area contributed by atoms with Crippen molar-refractivity contribution in [1.82, 2.24) is 20.0 Å². The van der Waals surface area contributed by atoms with Crippen LogP contribution in [0.15, 0.2) is 53.2 Å². The number of carbonyl (C=O) groups excluding carboxylic acids is 1. The number of aromatic nitrogens is 3. The first-order valence-electron chi connectivity index (χ1n) is 8.12. The molecule has 0 aliphatic rings. The number of Topliss-reactive ketones (excluding diaryl/α,β-unsaturated/α-hetero) is 1. The number of pyridine rings is 1. The van der Waals surface area contributed by atoms with Crippen LogP contribution in [0, 0.1) is 0 Å². The fourth-order valence-corrected chi connectivity index (χ4v) is 2.47. The molecule has 25 heavy (non-hydrogen) atoms. The van der Waals surface area contributed by atoms with E-state index in [1.165, 1.54) is 5.56 Å². The molecular formula is C19H20N4O2. The maximum absolute atomic E-state index is 12.1. The Morgan fingerprint density at radius 3 is 2.60 bits per heavy atom. The van der Waals surface area contributed by atoms with Gasteiger partial charge >= 0.3 is 0 Å². The predicted molar refractivity (Wildman–Crippen MR) is 94.0 cm³/mol. The summed E-state index contributed by atoms with van der Waals surface area (Å²) in [5, 5.41) is 4.00. The standard InChI is InChI=1S/C19H20N4O2/c1-23(2)13-14-6-8-15(9-7-14)19-21-18(25-22-19)11-10-17(24)16-5-3-4-12-20-16/h3-9,12H,10-11,13H2,1-2H3. The molecule has 1 aromatic carbocycles. The summed E-state index contributed by atoms with van der Waals surface area (Å²) in [5.74, 6) is 0.960. The molecule has 0 radical (unpaired) electrons. The topological polar surface area (TPSA) is 72.1 Å². The van der Waals surface area contributed by atoms with Gasteiger partial charge in [-0.25, -0.2) is 0 Å². The van der Waals surface area contributed by atoms with Gasteiger partial charge in [0.2, 0.25) is 11.7 Å². The molecule has 0 aliphatic carbocycles. The number of rotatable bonds is 7. The molecule has 0 aliphatic heterocycles. The van der Waals surface area contributed by atoms with Crippen molar-refractivity contribution < 1.29 is 9.32 Å². The molecule has 3 rings (SSSR count). The van der Waals surface area contributed by atoms with Crippen molar-refractivity contribution in [3.8, 4) is 11.4 Å². The molecule has 6 nitrogen and oxygen atoms in total. The number of hydrogen-bond acceptors (Lipinski definition) is 6. The van der Waals surface area contributed by atoms with E-state index < -0.39 is 0 Å². The maximum atomic E-state index is 12.1. The Bertz CT molecular complexity index is 826. The van der Waals surface area contributed by atoms with Gasteiger partial charge in [-0.3, -0.25) is 9.78 Å². The van der Waals surface area contributed by atoms with E-state index in [-0.39, 0.29) is 5.78 Å². The van der Waals surface area contributed by atoms with Crippen molar-refractivity contribution >= 4 is 5.78 Å². The molecule has 3 aromatic rings. The molecule has 0 unspecified atom stereocenters. The molecule has 2 aromatic heterocycles. The van der Waals surface area contributed by atoms with E-state index in [4.69, 9.17) is 4.52 Å². The highest BCUT2D eigenvalue weighted by molar-refractivity contribution is 5.94. The predicted octanol–water partition coefficient (Wildman–Crippen LogP) is 3.01. The first kappa shape index (κ1) is 17.0. The van der Waals surface area contributed by atoms with Gasteiger partial charge in [-0.15, -0.1) is 0 Å². The Morgan fingerprint density at radius 1 is 1.12 bits per heavy atom. The Balaban J connectivity index is 1.61. The fourth-order valence-electron chi connectivity index (χ4n) is 2.47. The van der Waals surface area contributed by atoms with E-state index in [0.29, 0.717) is 30.3 Å². The highest BCUT2D eigenvalue weighted by atomic mass is 16.5. The second-order valence-electron chi connectivity index (χ2n) is 6.08. The van der Waals surface area contributed by atoms with Crippen molar-refractivity contribution in [1.29, 1.82) is 0 Å². The number of carbonyl (C=O) groups is 1. The summed E-state index contributed by atoms with van der Waals surface area (Å²) in [5.41, 5.74) is 2.57. The van der Waals surface area contributed by atoms with E-state index in [1.54, 1.807) is 24.4 Å². The number of benzene rings is 1. The summed E-state index contributed by atoms with van der Waals surface area (Å²) in [7, 11) is 4.07. The summed E-state index contributed by atoms with van der Waals surface area (Å²) in [6.45, 7) is 0.882. The van der Waals surface area contributed by atoms with Crippen LogP contribution in [0.5, 0.6) is 0 Å². The van der Waals surface area contributed by atoms with Crippen LogP contribution in [0.25, 0.3) is 11.4 Å². The third-order valence-electron chi connectivity index (χ3n) is 3.70. The van der Waals surface area contributed by atoms with Crippen LogP contribution in [0.4, 0.5) is 0 Å². The lowest BCUT2D eigenvalue weighted by atomic mass is 10.1. The van der Waals surface area contributed by atoms with Crippen LogP contribution in [-0.4, -0.2) is 39.9 Å².